The van der Waals surface area contributed by atoms with Gasteiger partial charge in [0.15, 0.2) is 12.2 Å². The minimum Gasteiger partial charge on any atom is -0.497 e. The summed E-state index contributed by atoms with van der Waals surface area (Å²) in [5.74, 6) is 0.683. The zero-order valence-corrected chi connectivity index (χ0v) is 23.5. The molecule has 1 heterocycles. The van der Waals surface area contributed by atoms with Crippen molar-refractivity contribution in [1.29, 1.82) is 0 Å². The van der Waals surface area contributed by atoms with E-state index in [0.29, 0.717) is 24.0 Å². The summed E-state index contributed by atoms with van der Waals surface area (Å²) >= 11 is 3.25. The van der Waals surface area contributed by atoms with Crippen molar-refractivity contribution in [3.8, 4) is 5.75 Å². The van der Waals surface area contributed by atoms with E-state index in [1.54, 1.807) is 60.8 Å². The average Bonchev–Trinajstić information content (AvgIpc) is 3.07. The van der Waals surface area contributed by atoms with Crippen LogP contribution in [-0.4, -0.2) is 78.2 Å². The normalized spacial score (nSPS) is 19.9. The first-order chi connectivity index (χ1) is 16.7. The number of halogens is 1. The number of ether oxygens (including phenoxy) is 5. The molecule has 2 rings (SSSR count). The van der Waals surface area contributed by atoms with Gasteiger partial charge in [-0.15, -0.1) is 0 Å². The number of nitrogens with zero attached hydrogens (tertiary/aromatic N) is 1. The molecule has 1 fully saturated rings. The average molecular weight is 573 g/mol. The highest BCUT2D eigenvalue weighted by Crippen LogP contribution is 2.30. The summed E-state index contributed by atoms with van der Waals surface area (Å²) in [4.78, 5) is 39.6. The molecule has 202 valence electrons. The zero-order valence-electron chi connectivity index (χ0n) is 22.0. The van der Waals surface area contributed by atoms with Crippen molar-refractivity contribution < 1.29 is 38.1 Å². The Bertz CT molecular complexity index is 895. The summed E-state index contributed by atoms with van der Waals surface area (Å²) < 4.78 is 27.4. The fraction of sp³-hybridized carbons (Fsp3) is 0.640. The van der Waals surface area contributed by atoms with E-state index >= 15 is 0 Å². The molecule has 11 heteroatoms. The van der Waals surface area contributed by atoms with Crippen LogP contribution in [0.15, 0.2) is 24.3 Å². The first-order valence-corrected chi connectivity index (χ1v) is 12.9. The summed E-state index contributed by atoms with van der Waals surface area (Å²) in [6.45, 7) is 10.7. The molecule has 0 spiro atoms. The number of methoxy groups -OCH3 is 1. The maximum atomic E-state index is 13.2. The molecule has 36 heavy (non-hydrogen) atoms. The number of hydrogen-bond donors (Lipinski definition) is 1. The number of benzene rings is 1. The van der Waals surface area contributed by atoms with Crippen molar-refractivity contribution in [2.75, 3.05) is 25.5 Å². The van der Waals surface area contributed by atoms with Gasteiger partial charge in [-0.2, -0.15) is 0 Å². The van der Waals surface area contributed by atoms with Crippen molar-refractivity contribution >= 4 is 34.3 Å². The Morgan fingerprint density at radius 1 is 1.00 bits per heavy atom. The third-order valence-electron chi connectivity index (χ3n) is 5.00. The lowest BCUT2D eigenvalue weighted by atomic mass is 10.0. The minimum atomic E-state index is -0.970. The Morgan fingerprint density at radius 2 is 1.61 bits per heavy atom. The van der Waals surface area contributed by atoms with E-state index in [4.69, 9.17) is 23.7 Å². The number of alkyl carbamates (subject to hydrolysis) is 1. The lowest BCUT2D eigenvalue weighted by molar-refractivity contribution is -0.0517. The van der Waals surface area contributed by atoms with E-state index in [9.17, 15) is 14.4 Å². The second-order valence-corrected chi connectivity index (χ2v) is 11.2. The highest BCUT2D eigenvalue weighted by molar-refractivity contribution is 9.09. The van der Waals surface area contributed by atoms with Crippen molar-refractivity contribution in [3.05, 3.63) is 29.8 Å². The number of nitrogens with one attached hydrogen (secondary N) is 1. The van der Waals surface area contributed by atoms with Gasteiger partial charge in [-0.05, 0) is 65.7 Å². The van der Waals surface area contributed by atoms with Crippen LogP contribution in [0.1, 0.15) is 47.1 Å². The van der Waals surface area contributed by atoms with Gasteiger partial charge in [-0.3, -0.25) is 4.90 Å². The molecule has 1 aromatic carbocycles. The van der Waals surface area contributed by atoms with Gasteiger partial charge in [0.1, 0.15) is 17.0 Å². The summed E-state index contributed by atoms with van der Waals surface area (Å²) in [5, 5.41) is 3.15. The van der Waals surface area contributed by atoms with E-state index < -0.39 is 47.8 Å². The largest absolute Gasteiger partial charge is 0.509 e. The van der Waals surface area contributed by atoms with E-state index in [0.717, 1.165) is 5.56 Å². The maximum absolute atomic E-state index is 13.2. The van der Waals surface area contributed by atoms with Crippen LogP contribution in [0.25, 0.3) is 0 Å². The quantitative estimate of drug-likeness (QED) is 0.285. The molecule has 0 saturated carbocycles. The number of carbonyl (C=O) groups excluding carboxylic acids is 3. The molecule has 0 aromatic heterocycles. The van der Waals surface area contributed by atoms with Crippen molar-refractivity contribution in [1.82, 2.24) is 10.2 Å². The summed E-state index contributed by atoms with van der Waals surface area (Å²) in [5.41, 5.74) is -0.677. The molecule has 1 aliphatic rings. The van der Waals surface area contributed by atoms with Crippen LogP contribution in [0.5, 0.6) is 5.75 Å². The lowest BCUT2D eigenvalue weighted by Crippen LogP contribution is -2.46. The van der Waals surface area contributed by atoms with E-state index in [2.05, 4.69) is 21.2 Å². The van der Waals surface area contributed by atoms with Gasteiger partial charge in [-0.25, -0.2) is 14.4 Å². The van der Waals surface area contributed by atoms with Crippen LogP contribution in [0.2, 0.25) is 0 Å². The van der Waals surface area contributed by atoms with Gasteiger partial charge in [0.2, 0.25) is 0 Å². The number of alkyl halides is 1. The van der Waals surface area contributed by atoms with Crippen LogP contribution in [0, 0.1) is 0 Å². The second kappa shape index (κ2) is 12.5. The molecule has 2 amide bonds. The highest BCUT2D eigenvalue weighted by atomic mass is 79.9. The molecular formula is C25H37BrN2O8. The lowest BCUT2D eigenvalue weighted by Gasteiger charge is -2.30. The van der Waals surface area contributed by atoms with Crippen LogP contribution >= 0.6 is 15.9 Å². The summed E-state index contributed by atoms with van der Waals surface area (Å²) in [7, 11) is 1.57. The summed E-state index contributed by atoms with van der Waals surface area (Å²) in [6.07, 6.45) is -3.84. The van der Waals surface area contributed by atoms with Gasteiger partial charge in [0, 0.05) is 11.9 Å². The molecule has 1 aliphatic heterocycles. The van der Waals surface area contributed by atoms with Crippen molar-refractivity contribution in [2.45, 2.75) is 77.4 Å². The molecule has 1 N–H and O–H groups in total. The van der Waals surface area contributed by atoms with Crippen LogP contribution in [0.3, 0.4) is 0 Å². The van der Waals surface area contributed by atoms with Crippen molar-refractivity contribution in [3.63, 3.8) is 0 Å². The van der Waals surface area contributed by atoms with Crippen LogP contribution in [0.4, 0.5) is 14.4 Å². The van der Waals surface area contributed by atoms with Gasteiger partial charge in [0.05, 0.1) is 19.7 Å². The molecular weight excluding hydrogens is 536 g/mol. The topological polar surface area (TPSA) is 113 Å². The first-order valence-electron chi connectivity index (χ1n) is 11.7. The Balaban J connectivity index is 2.39. The zero-order chi connectivity index (χ0) is 27.1. The molecule has 0 unspecified atom stereocenters. The van der Waals surface area contributed by atoms with Gasteiger partial charge < -0.3 is 29.0 Å². The molecule has 1 saturated heterocycles. The van der Waals surface area contributed by atoms with Gasteiger partial charge in [-0.1, -0.05) is 28.1 Å². The molecule has 0 aliphatic carbocycles. The predicted molar refractivity (Wildman–Crippen MR) is 137 cm³/mol. The Kier molecular flexibility index (Phi) is 10.3. The van der Waals surface area contributed by atoms with Crippen molar-refractivity contribution in [2.24, 2.45) is 0 Å². The number of amides is 2. The van der Waals surface area contributed by atoms with Gasteiger partial charge >= 0.3 is 18.3 Å². The van der Waals surface area contributed by atoms with E-state index in [1.165, 1.54) is 4.90 Å². The fourth-order valence-electron chi connectivity index (χ4n) is 3.59. The van der Waals surface area contributed by atoms with Gasteiger partial charge in [0.25, 0.3) is 0 Å². The fourth-order valence-corrected chi connectivity index (χ4v) is 3.79. The van der Waals surface area contributed by atoms with Crippen LogP contribution in [-0.2, 0) is 25.4 Å². The predicted octanol–water partition coefficient (Wildman–Crippen LogP) is 4.67. The van der Waals surface area contributed by atoms with E-state index in [1.807, 2.05) is 12.1 Å². The number of hydrogen-bond acceptors (Lipinski definition) is 8. The Morgan fingerprint density at radius 3 is 2.14 bits per heavy atom. The molecule has 1 aromatic rings. The number of carbonyl (C=O) groups is 3. The molecule has 0 radical (unpaired) electrons. The smallest absolute Gasteiger partial charge is 0.497 e. The maximum Gasteiger partial charge on any atom is 0.509 e. The van der Waals surface area contributed by atoms with E-state index in [-0.39, 0.29) is 6.54 Å². The molecule has 10 nitrogen and oxygen atoms in total. The Labute approximate surface area is 221 Å². The Hall–Kier alpha value is -2.69. The third-order valence-corrected chi connectivity index (χ3v) is 5.40. The summed E-state index contributed by atoms with van der Waals surface area (Å²) in [6, 6.07) is 6.65. The number of rotatable bonds is 7. The number of likely N-dealkylation sites (tertiary alicyclic amines) is 1. The third kappa shape index (κ3) is 9.40. The highest BCUT2D eigenvalue weighted by Gasteiger charge is 2.50. The standard InChI is InChI=1S/C25H37BrN2O8/c1-24(2,3)35-22(30)28-15-19(33-23(31)36-25(4,5)6)20(34-21(29)27-13-12-26)18(28)14-16-8-10-17(32-7)11-9-16/h8-11,18-20H,12-15H2,1-7H3,(H,27,29)/t18-,19+,20+/m1/s1. The molecule has 0 bridgehead atoms. The SMILES string of the molecule is COc1ccc(C[C@@H]2[C@H](OC(=O)NCCBr)[C@@H](OC(=O)OC(C)(C)C)CN2C(=O)OC(C)(C)C)cc1. The molecule has 3 atom stereocenters. The monoisotopic (exact) mass is 572 g/mol. The first kappa shape index (κ1) is 29.5. The van der Waals surface area contributed by atoms with Crippen LogP contribution < -0.4 is 10.1 Å². The minimum absolute atomic E-state index is 0.0363. The second-order valence-electron chi connectivity index (χ2n) is 10.4.